The van der Waals surface area contributed by atoms with Crippen LogP contribution in [-0.4, -0.2) is 17.1 Å². The maximum absolute atomic E-state index is 10.5. The van der Waals surface area contributed by atoms with Crippen molar-refractivity contribution >= 4 is 5.97 Å². The molecule has 0 aliphatic carbocycles. The predicted octanol–water partition coefficient (Wildman–Crippen LogP) is 5.43. The summed E-state index contributed by atoms with van der Waals surface area (Å²) >= 11 is 0. The summed E-state index contributed by atoms with van der Waals surface area (Å²) in [4.78, 5) is 10.5. The molecule has 6 N–H and O–H groups in total. The van der Waals surface area contributed by atoms with Crippen molar-refractivity contribution in [2.75, 3.05) is 0 Å². The lowest BCUT2D eigenvalue weighted by Crippen LogP contribution is -2.29. The summed E-state index contributed by atoms with van der Waals surface area (Å²) in [5, 5.41) is 8.66. The summed E-state index contributed by atoms with van der Waals surface area (Å²) in [6, 6.07) is -0.665. The van der Waals surface area contributed by atoms with E-state index in [4.69, 9.17) is 10.8 Å². The van der Waals surface area contributed by atoms with E-state index in [0.29, 0.717) is 6.42 Å². The van der Waals surface area contributed by atoms with Crippen LogP contribution in [0.1, 0.15) is 103 Å². The highest BCUT2D eigenvalue weighted by atomic mass is 16.4. The summed E-state index contributed by atoms with van der Waals surface area (Å²) < 4.78 is 0. The van der Waals surface area contributed by atoms with E-state index in [0.717, 1.165) is 12.8 Å². The molecular weight excluding hydrogens is 276 g/mol. The first-order valence-corrected chi connectivity index (χ1v) is 9.17. The quantitative estimate of drug-likeness (QED) is 0.330. The summed E-state index contributed by atoms with van der Waals surface area (Å²) in [6.07, 6.45) is 19.1. The Morgan fingerprint density at radius 1 is 0.773 bits per heavy atom. The van der Waals surface area contributed by atoms with Gasteiger partial charge in [0.1, 0.15) is 6.04 Å². The Morgan fingerprint density at radius 2 is 1.09 bits per heavy atom. The van der Waals surface area contributed by atoms with Gasteiger partial charge in [-0.05, 0) is 6.42 Å². The standard InChI is InChI=1S/C18H37NO2.H3N/c1-2-3-4-5-6-7-8-9-10-11-12-13-14-15-16-17(19)18(20)21;/h17H,2-16,19H2,1H3,(H,20,21);1H3. The number of carboxylic acid groups (broad SMARTS) is 1. The number of aliphatic carboxylic acids is 1. The van der Waals surface area contributed by atoms with Gasteiger partial charge >= 0.3 is 5.97 Å². The van der Waals surface area contributed by atoms with Crippen molar-refractivity contribution in [3.05, 3.63) is 0 Å². The number of hydrogen-bond donors (Lipinski definition) is 3. The van der Waals surface area contributed by atoms with Gasteiger partial charge in [-0.15, -0.1) is 0 Å². The Labute approximate surface area is 137 Å². The van der Waals surface area contributed by atoms with Crippen molar-refractivity contribution < 1.29 is 9.90 Å². The number of hydrogen-bond acceptors (Lipinski definition) is 3. The van der Waals surface area contributed by atoms with Crippen LogP contribution in [-0.2, 0) is 4.79 Å². The molecule has 0 saturated heterocycles. The maximum Gasteiger partial charge on any atom is 0.320 e. The van der Waals surface area contributed by atoms with Crippen molar-refractivity contribution in [3.63, 3.8) is 0 Å². The van der Waals surface area contributed by atoms with Crippen LogP contribution in [0.25, 0.3) is 0 Å². The van der Waals surface area contributed by atoms with Gasteiger partial charge in [-0.1, -0.05) is 96.8 Å². The molecular formula is C18H40N2O2. The Bertz CT molecular complexity index is 235. The molecule has 0 radical (unpaired) electrons. The average molecular weight is 317 g/mol. The van der Waals surface area contributed by atoms with Crippen LogP contribution in [0.4, 0.5) is 0 Å². The van der Waals surface area contributed by atoms with Crippen LogP contribution in [0.5, 0.6) is 0 Å². The van der Waals surface area contributed by atoms with Gasteiger partial charge in [-0.2, -0.15) is 0 Å². The lowest BCUT2D eigenvalue weighted by atomic mass is 10.0. The van der Waals surface area contributed by atoms with Gasteiger partial charge < -0.3 is 17.0 Å². The molecule has 0 fully saturated rings. The molecule has 0 aliphatic rings. The Hall–Kier alpha value is -0.610. The monoisotopic (exact) mass is 316 g/mol. The minimum atomic E-state index is -0.871. The first-order chi connectivity index (χ1) is 10.2. The van der Waals surface area contributed by atoms with E-state index >= 15 is 0 Å². The molecule has 0 aromatic carbocycles. The Morgan fingerprint density at radius 3 is 1.41 bits per heavy atom. The first kappa shape index (κ1) is 23.7. The van der Waals surface area contributed by atoms with E-state index in [1.54, 1.807) is 0 Å². The number of unbranched alkanes of at least 4 members (excludes halogenated alkanes) is 13. The van der Waals surface area contributed by atoms with Gasteiger partial charge in [-0.25, -0.2) is 0 Å². The fourth-order valence-electron chi connectivity index (χ4n) is 2.68. The third-order valence-corrected chi connectivity index (χ3v) is 4.19. The minimum Gasteiger partial charge on any atom is -0.480 e. The second-order valence-electron chi connectivity index (χ2n) is 6.33. The zero-order valence-electron chi connectivity index (χ0n) is 14.8. The van der Waals surface area contributed by atoms with Crippen molar-refractivity contribution in [3.8, 4) is 0 Å². The molecule has 22 heavy (non-hydrogen) atoms. The highest BCUT2D eigenvalue weighted by Crippen LogP contribution is 2.13. The van der Waals surface area contributed by atoms with Crippen LogP contribution < -0.4 is 11.9 Å². The molecule has 0 rings (SSSR count). The smallest absolute Gasteiger partial charge is 0.320 e. The van der Waals surface area contributed by atoms with Crippen LogP contribution in [0, 0.1) is 0 Å². The van der Waals surface area contributed by atoms with Crippen molar-refractivity contribution in [2.24, 2.45) is 5.73 Å². The zero-order chi connectivity index (χ0) is 15.8. The van der Waals surface area contributed by atoms with Crippen LogP contribution in [0.2, 0.25) is 0 Å². The molecule has 0 heterocycles. The largest absolute Gasteiger partial charge is 0.480 e. The summed E-state index contributed by atoms with van der Waals surface area (Å²) in [6.45, 7) is 2.26. The van der Waals surface area contributed by atoms with E-state index in [-0.39, 0.29) is 6.15 Å². The Kier molecular flexibility index (Phi) is 19.8. The molecule has 1 atom stereocenters. The number of carbonyl (C=O) groups is 1. The van der Waals surface area contributed by atoms with E-state index < -0.39 is 12.0 Å². The molecule has 0 saturated carbocycles. The highest BCUT2D eigenvalue weighted by molar-refractivity contribution is 5.72. The van der Waals surface area contributed by atoms with E-state index in [2.05, 4.69) is 6.92 Å². The van der Waals surface area contributed by atoms with Gasteiger partial charge in [0.2, 0.25) is 0 Å². The molecule has 4 nitrogen and oxygen atoms in total. The molecule has 1 unspecified atom stereocenters. The lowest BCUT2D eigenvalue weighted by Gasteiger charge is -2.06. The molecule has 0 aromatic rings. The molecule has 0 aliphatic heterocycles. The van der Waals surface area contributed by atoms with Crippen molar-refractivity contribution in [1.82, 2.24) is 6.15 Å². The molecule has 0 spiro atoms. The number of carboxylic acids is 1. The minimum absolute atomic E-state index is 0. The van der Waals surface area contributed by atoms with Crippen molar-refractivity contribution in [2.45, 2.75) is 109 Å². The van der Waals surface area contributed by atoms with Crippen LogP contribution in [0.15, 0.2) is 0 Å². The second kappa shape index (κ2) is 18.4. The topological polar surface area (TPSA) is 98.3 Å². The van der Waals surface area contributed by atoms with Gasteiger partial charge in [0.05, 0.1) is 0 Å². The Balaban J connectivity index is 0. The number of rotatable bonds is 16. The lowest BCUT2D eigenvalue weighted by molar-refractivity contribution is -0.138. The fraction of sp³-hybridized carbons (Fsp3) is 0.944. The summed E-state index contributed by atoms with van der Waals surface area (Å²) in [5.74, 6) is -0.871. The molecule has 134 valence electrons. The normalized spacial score (nSPS) is 11.9. The van der Waals surface area contributed by atoms with Crippen LogP contribution in [0.3, 0.4) is 0 Å². The van der Waals surface area contributed by atoms with Crippen molar-refractivity contribution in [1.29, 1.82) is 0 Å². The SMILES string of the molecule is CCCCCCCCCCCCCCCCC(N)C(=O)O.N. The van der Waals surface area contributed by atoms with E-state index in [9.17, 15) is 4.79 Å². The maximum atomic E-state index is 10.5. The molecule has 0 amide bonds. The van der Waals surface area contributed by atoms with Gasteiger partial charge in [0, 0.05) is 0 Å². The summed E-state index contributed by atoms with van der Waals surface area (Å²) in [5.41, 5.74) is 5.46. The third-order valence-electron chi connectivity index (χ3n) is 4.19. The summed E-state index contributed by atoms with van der Waals surface area (Å²) in [7, 11) is 0. The first-order valence-electron chi connectivity index (χ1n) is 9.17. The van der Waals surface area contributed by atoms with Gasteiger partial charge in [-0.3, -0.25) is 4.79 Å². The average Bonchev–Trinajstić information content (AvgIpc) is 2.47. The van der Waals surface area contributed by atoms with E-state index in [1.807, 2.05) is 0 Å². The number of nitrogens with two attached hydrogens (primary N) is 1. The van der Waals surface area contributed by atoms with Gasteiger partial charge in [0.15, 0.2) is 0 Å². The highest BCUT2D eigenvalue weighted by Gasteiger charge is 2.09. The zero-order valence-corrected chi connectivity index (χ0v) is 14.8. The van der Waals surface area contributed by atoms with Crippen LogP contribution >= 0.6 is 0 Å². The van der Waals surface area contributed by atoms with E-state index in [1.165, 1.54) is 77.0 Å². The molecule has 0 bridgehead atoms. The molecule has 4 heteroatoms. The second-order valence-corrected chi connectivity index (χ2v) is 6.33. The fourth-order valence-corrected chi connectivity index (χ4v) is 2.68. The third kappa shape index (κ3) is 17.4. The van der Waals surface area contributed by atoms with Gasteiger partial charge in [0.25, 0.3) is 0 Å². The predicted molar refractivity (Wildman–Crippen MR) is 95.6 cm³/mol. The molecule has 0 aromatic heterocycles.